The Labute approximate surface area is 121 Å². The van der Waals surface area contributed by atoms with Gasteiger partial charge in [-0.2, -0.15) is 0 Å². The first-order chi connectivity index (χ1) is 10.2. The molecule has 4 heteroatoms. The number of nitrogens with one attached hydrogen (secondary N) is 1. The van der Waals surface area contributed by atoms with Crippen molar-refractivity contribution < 1.29 is 8.78 Å². The van der Waals surface area contributed by atoms with Crippen molar-refractivity contribution in [3.8, 4) is 0 Å². The van der Waals surface area contributed by atoms with E-state index in [4.69, 9.17) is 5.73 Å². The van der Waals surface area contributed by atoms with Gasteiger partial charge in [0.1, 0.15) is 11.6 Å². The summed E-state index contributed by atoms with van der Waals surface area (Å²) in [6.07, 6.45) is 2.54. The predicted molar refractivity (Wildman–Crippen MR) is 80.2 cm³/mol. The van der Waals surface area contributed by atoms with Crippen LogP contribution in [0.5, 0.6) is 0 Å². The standard InChI is InChI=1S/C17H16F2N2/c18-13-5-6-14(16(19)8-13)11(9-20)7-12-10-21-17-4-2-1-3-15(12)17/h1-6,8,10-11,21H,7,9,20H2. The molecule has 0 aliphatic heterocycles. The number of aromatic nitrogens is 1. The van der Waals surface area contributed by atoms with Gasteiger partial charge in [-0.05, 0) is 36.2 Å². The molecule has 3 N–H and O–H groups in total. The monoisotopic (exact) mass is 286 g/mol. The number of aromatic amines is 1. The van der Waals surface area contributed by atoms with E-state index in [1.54, 1.807) is 0 Å². The van der Waals surface area contributed by atoms with Gasteiger partial charge >= 0.3 is 0 Å². The van der Waals surface area contributed by atoms with Gasteiger partial charge in [0.15, 0.2) is 0 Å². The highest BCUT2D eigenvalue weighted by atomic mass is 19.1. The maximum atomic E-state index is 13.9. The number of halogens is 2. The molecular weight excluding hydrogens is 270 g/mol. The third-order valence-corrected chi connectivity index (χ3v) is 3.83. The second kappa shape index (κ2) is 5.66. The summed E-state index contributed by atoms with van der Waals surface area (Å²) in [6, 6.07) is 11.6. The van der Waals surface area contributed by atoms with Crippen molar-refractivity contribution >= 4 is 10.9 Å². The van der Waals surface area contributed by atoms with Crippen LogP contribution in [0.25, 0.3) is 10.9 Å². The molecule has 108 valence electrons. The zero-order chi connectivity index (χ0) is 14.8. The molecule has 21 heavy (non-hydrogen) atoms. The van der Waals surface area contributed by atoms with Crippen LogP contribution in [-0.2, 0) is 6.42 Å². The Morgan fingerprint density at radius 1 is 1.10 bits per heavy atom. The van der Waals surface area contributed by atoms with Crippen LogP contribution in [0.1, 0.15) is 17.0 Å². The van der Waals surface area contributed by atoms with E-state index in [0.717, 1.165) is 22.5 Å². The molecule has 0 saturated heterocycles. The van der Waals surface area contributed by atoms with Gasteiger partial charge in [-0.15, -0.1) is 0 Å². The molecule has 0 fully saturated rings. The lowest BCUT2D eigenvalue weighted by molar-refractivity contribution is 0.551. The molecule has 0 bridgehead atoms. The van der Waals surface area contributed by atoms with Crippen molar-refractivity contribution in [2.75, 3.05) is 6.54 Å². The Morgan fingerprint density at radius 2 is 1.90 bits per heavy atom. The summed E-state index contributed by atoms with van der Waals surface area (Å²) in [5.74, 6) is -1.28. The van der Waals surface area contributed by atoms with E-state index in [-0.39, 0.29) is 5.92 Å². The Morgan fingerprint density at radius 3 is 2.67 bits per heavy atom. The number of benzene rings is 2. The first kappa shape index (κ1) is 13.8. The molecule has 0 spiro atoms. The van der Waals surface area contributed by atoms with Crippen LogP contribution in [0.4, 0.5) is 8.78 Å². The molecule has 3 rings (SSSR count). The third-order valence-electron chi connectivity index (χ3n) is 3.83. The molecule has 1 aromatic heterocycles. The van der Waals surface area contributed by atoms with E-state index in [2.05, 4.69) is 4.98 Å². The number of hydrogen-bond donors (Lipinski definition) is 2. The molecule has 3 aromatic rings. The van der Waals surface area contributed by atoms with E-state index < -0.39 is 11.6 Å². The molecule has 0 amide bonds. The van der Waals surface area contributed by atoms with E-state index >= 15 is 0 Å². The molecule has 1 atom stereocenters. The quantitative estimate of drug-likeness (QED) is 0.754. The van der Waals surface area contributed by atoms with Crippen LogP contribution in [0.3, 0.4) is 0 Å². The van der Waals surface area contributed by atoms with Gasteiger partial charge in [-0.1, -0.05) is 24.3 Å². The third kappa shape index (κ3) is 2.67. The second-order valence-corrected chi connectivity index (χ2v) is 5.16. The molecule has 1 unspecified atom stereocenters. The summed E-state index contributed by atoms with van der Waals surface area (Å²) in [5, 5.41) is 1.11. The zero-order valence-corrected chi connectivity index (χ0v) is 11.4. The van der Waals surface area contributed by atoms with E-state index in [9.17, 15) is 8.78 Å². The number of para-hydroxylation sites is 1. The van der Waals surface area contributed by atoms with Crippen LogP contribution in [-0.4, -0.2) is 11.5 Å². The van der Waals surface area contributed by atoms with Gasteiger partial charge in [0, 0.05) is 29.1 Å². The van der Waals surface area contributed by atoms with Crippen LogP contribution in [0, 0.1) is 11.6 Å². The minimum Gasteiger partial charge on any atom is -0.361 e. The van der Waals surface area contributed by atoms with Crippen LogP contribution in [0.2, 0.25) is 0 Å². The van der Waals surface area contributed by atoms with E-state index in [1.807, 2.05) is 30.5 Å². The Bertz CT molecular complexity index is 764. The van der Waals surface area contributed by atoms with Gasteiger partial charge in [0.2, 0.25) is 0 Å². The fraction of sp³-hybridized carbons (Fsp3) is 0.176. The molecule has 2 nitrogen and oxygen atoms in total. The van der Waals surface area contributed by atoms with Gasteiger partial charge < -0.3 is 10.7 Å². The highest BCUT2D eigenvalue weighted by Gasteiger charge is 2.17. The first-order valence-electron chi connectivity index (χ1n) is 6.89. The Kier molecular flexibility index (Phi) is 3.71. The highest BCUT2D eigenvalue weighted by molar-refractivity contribution is 5.83. The largest absolute Gasteiger partial charge is 0.361 e. The molecule has 1 heterocycles. The smallest absolute Gasteiger partial charge is 0.129 e. The van der Waals surface area contributed by atoms with Gasteiger partial charge in [0.25, 0.3) is 0 Å². The van der Waals surface area contributed by atoms with Crippen molar-refractivity contribution in [2.45, 2.75) is 12.3 Å². The molecule has 0 aliphatic carbocycles. The van der Waals surface area contributed by atoms with Crippen LogP contribution >= 0.6 is 0 Å². The summed E-state index contributed by atoms with van der Waals surface area (Å²) >= 11 is 0. The predicted octanol–water partition coefficient (Wildman–Crippen LogP) is 3.73. The van der Waals surface area contributed by atoms with Gasteiger partial charge in [-0.3, -0.25) is 0 Å². The normalized spacial score (nSPS) is 12.7. The van der Waals surface area contributed by atoms with E-state index in [1.165, 1.54) is 12.1 Å². The van der Waals surface area contributed by atoms with Crippen LogP contribution < -0.4 is 5.73 Å². The second-order valence-electron chi connectivity index (χ2n) is 5.16. The van der Waals surface area contributed by atoms with E-state index in [0.29, 0.717) is 18.5 Å². The average Bonchev–Trinajstić information content (AvgIpc) is 2.89. The number of hydrogen-bond acceptors (Lipinski definition) is 1. The van der Waals surface area contributed by atoms with Crippen LogP contribution in [0.15, 0.2) is 48.7 Å². The molecule has 0 aliphatic rings. The summed E-state index contributed by atoms with van der Waals surface area (Å²) in [4.78, 5) is 3.20. The molecule has 0 saturated carbocycles. The molecular formula is C17H16F2N2. The summed E-state index contributed by atoms with van der Waals surface area (Å²) < 4.78 is 27.0. The molecule has 0 radical (unpaired) electrons. The van der Waals surface area contributed by atoms with Crippen molar-refractivity contribution in [3.63, 3.8) is 0 Å². The maximum Gasteiger partial charge on any atom is 0.129 e. The summed E-state index contributed by atoms with van der Waals surface area (Å²) in [7, 11) is 0. The lowest BCUT2D eigenvalue weighted by atomic mass is 9.91. The SMILES string of the molecule is NCC(Cc1c[nH]c2ccccc12)c1ccc(F)cc1F. The maximum absolute atomic E-state index is 13.9. The fourth-order valence-corrected chi connectivity index (χ4v) is 2.72. The molecule has 2 aromatic carbocycles. The minimum absolute atomic E-state index is 0.176. The topological polar surface area (TPSA) is 41.8 Å². The van der Waals surface area contributed by atoms with Crippen molar-refractivity contribution in [1.82, 2.24) is 4.98 Å². The minimum atomic E-state index is -0.570. The highest BCUT2D eigenvalue weighted by Crippen LogP contribution is 2.27. The number of rotatable bonds is 4. The van der Waals surface area contributed by atoms with Crippen molar-refractivity contribution in [3.05, 3.63) is 71.4 Å². The Balaban J connectivity index is 1.94. The Hall–Kier alpha value is -2.20. The van der Waals surface area contributed by atoms with Gasteiger partial charge in [0.05, 0.1) is 0 Å². The number of fused-ring (bicyclic) bond motifs is 1. The first-order valence-corrected chi connectivity index (χ1v) is 6.89. The number of nitrogens with two attached hydrogens (primary N) is 1. The summed E-state index contributed by atoms with van der Waals surface area (Å²) in [5.41, 5.74) is 8.40. The lowest BCUT2D eigenvalue weighted by Crippen LogP contribution is -2.16. The lowest BCUT2D eigenvalue weighted by Gasteiger charge is -2.15. The van der Waals surface area contributed by atoms with Crippen molar-refractivity contribution in [1.29, 1.82) is 0 Å². The van der Waals surface area contributed by atoms with Crippen molar-refractivity contribution in [2.24, 2.45) is 5.73 Å². The number of H-pyrrole nitrogens is 1. The van der Waals surface area contributed by atoms with Gasteiger partial charge in [-0.25, -0.2) is 8.78 Å². The summed E-state index contributed by atoms with van der Waals surface area (Å²) in [6.45, 7) is 0.308. The average molecular weight is 286 g/mol. The zero-order valence-electron chi connectivity index (χ0n) is 11.4. The fourth-order valence-electron chi connectivity index (χ4n) is 2.72.